The molecule has 2 aliphatic heterocycles. The lowest BCUT2D eigenvalue weighted by atomic mass is 10.1. The third kappa shape index (κ3) is 4.65. The highest BCUT2D eigenvalue weighted by atomic mass is 32.1. The van der Waals surface area contributed by atoms with Gasteiger partial charge in [0, 0.05) is 29.2 Å². The van der Waals surface area contributed by atoms with E-state index in [9.17, 15) is 4.79 Å². The Hall–Kier alpha value is -4.24. The van der Waals surface area contributed by atoms with Gasteiger partial charge in [0.15, 0.2) is 28.1 Å². The largest absolute Gasteiger partial charge is 0.454 e. The standard InChI is InChI=1S/C28H25N3O5S/c1-2-18-5-3-4-6-21(18)30-28(37)31(13-17-7-8-23-24(9-17)34-15-33-23)14-20-10-19-11-25-26(36-16-35-25)12-22(19)29-27(20)32/h3-12H,2,13-16H2,1H3,(H,29,32)(H,30,37). The van der Waals surface area contributed by atoms with E-state index in [0.29, 0.717) is 46.5 Å². The lowest BCUT2D eigenvalue weighted by Gasteiger charge is -2.27. The van der Waals surface area contributed by atoms with Crippen molar-refractivity contribution in [3.63, 3.8) is 0 Å². The molecule has 4 aromatic rings. The number of nitrogens with zero attached hydrogens (tertiary/aromatic N) is 1. The van der Waals surface area contributed by atoms with Gasteiger partial charge in [-0.3, -0.25) is 4.79 Å². The third-order valence-electron chi connectivity index (χ3n) is 6.51. The van der Waals surface area contributed by atoms with Crippen LogP contribution in [0, 0.1) is 0 Å². The maximum atomic E-state index is 13.1. The molecule has 188 valence electrons. The van der Waals surface area contributed by atoms with Gasteiger partial charge in [-0.15, -0.1) is 0 Å². The molecule has 0 fully saturated rings. The van der Waals surface area contributed by atoms with Gasteiger partial charge in [-0.05, 0) is 60.1 Å². The highest BCUT2D eigenvalue weighted by molar-refractivity contribution is 7.80. The van der Waals surface area contributed by atoms with Crippen LogP contribution in [0.15, 0.2) is 65.5 Å². The molecular weight excluding hydrogens is 490 g/mol. The molecule has 0 bridgehead atoms. The van der Waals surface area contributed by atoms with Crippen molar-refractivity contribution in [1.29, 1.82) is 0 Å². The summed E-state index contributed by atoms with van der Waals surface area (Å²) < 4.78 is 22.0. The van der Waals surface area contributed by atoms with Crippen molar-refractivity contribution in [2.24, 2.45) is 0 Å². The van der Waals surface area contributed by atoms with Gasteiger partial charge in [-0.2, -0.15) is 0 Å². The summed E-state index contributed by atoms with van der Waals surface area (Å²) >= 11 is 5.88. The zero-order valence-corrected chi connectivity index (χ0v) is 21.0. The lowest BCUT2D eigenvalue weighted by Crippen LogP contribution is -2.35. The summed E-state index contributed by atoms with van der Waals surface area (Å²) in [5, 5.41) is 4.77. The molecule has 2 aliphatic rings. The Morgan fingerprint density at radius 2 is 1.62 bits per heavy atom. The lowest BCUT2D eigenvalue weighted by molar-refractivity contribution is 0.173. The van der Waals surface area contributed by atoms with Crippen LogP contribution in [-0.4, -0.2) is 28.6 Å². The fraction of sp³-hybridized carbons (Fsp3) is 0.214. The number of pyridine rings is 1. The predicted molar refractivity (Wildman–Crippen MR) is 145 cm³/mol. The summed E-state index contributed by atoms with van der Waals surface area (Å²) in [6.07, 6.45) is 0.869. The van der Waals surface area contributed by atoms with Crippen LogP contribution in [0.1, 0.15) is 23.6 Å². The van der Waals surface area contributed by atoms with Gasteiger partial charge in [-0.25, -0.2) is 0 Å². The SMILES string of the molecule is CCc1ccccc1NC(=S)N(Cc1ccc2c(c1)OCO2)Cc1cc2cc3c(cc2[nH]c1=O)OCO3. The second-order valence-electron chi connectivity index (χ2n) is 8.90. The van der Waals surface area contributed by atoms with Crippen molar-refractivity contribution in [2.45, 2.75) is 26.4 Å². The van der Waals surface area contributed by atoms with Crippen LogP contribution in [0.5, 0.6) is 23.0 Å². The zero-order chi connectivity index (χ0) is 25.4. The first-order valence-corrected chi connectivity index (χ1v) is 12.5. The number of para-hydroxylation sites is 1. The van der Waals surface area contributed by atoms with Gasteiger partial charge < -0.3 is 34.1 Å². The number of aryl methyl sites for hydroxylation is 1. The molecule has 37 heavy (non-hydrogen) atoms. The van der Waals surface area contributed by atoms with Crippen LogP contribution in [-0.2, 0) is 19.5 Å². The molecule has 2 N–H and O–H groups in total. The number of anilines is 1. The van der Waals surface area contributed by atoms with Crippen molar-refractivity contribution in [1.82, 2.24) is 9.88 Å². The average Bonchev–Trinajstić information content (AvgIpc) is 3.56. The van der Waals surface area contributed by atoms with Gasteiger partial charge in [0.2, 0.25) is 13.6 Å². The van der Waals surface area contributed by atoms with Crippen LogP contribution in [0.3, 0.4) is 0 Å². The molecule has 0 aliphatic carbocycles. The molecule has 0 unspecified atom stereocenters. The second-order valence-corrected chi connectivity index (χ2v) is 9.29. The van der Waals surface area contributed by atoms with E-state index in [2.05, 4.69) is 23.3 Å². The van der Waals surface area contributed by atoms with E-state index in [1.165, 1.54) is 0 Å². The molecule has 3 aromatic carbocycles. The quantitative estimate of drug-likeness (QED) is 0.349. The smallest absolute Gasteiger partial charge is 0.253 e. The number of H-pyrrole nitrogens is 1. The van der Waals surface area contributed by atoms with Crippen molar-refractivity contribution >= 4 is 33.9 Å². The first kappa shape index (κ1) is 23.2. The fourth-order valence-electron chi connectivity index (χ4n) is 4.57. The Morgan fingerprint density at radius 3 is 2.43 bits per heavy atom. The normalized spacial score (nSPS) is 13.1. The Kier molecular flexibility index (Phi) is 6.05. The Morgan fingerprint density at radius 1 is 0.892 bits per heavy atom. The van der Waals surface area contributed by atoms with E-state index in [1.54, 1.807) is 6.07 Å². The summed E-state index contributed by atoms with van der Waals surface area (Å²) in [7, 11) is 0. The maximum absolute atomic E-state index is 13.1. The number of aromatic nitrogens is 1. The molecule has 3 heterocycles. The number of rotatable bonds is 6. The predicted octanol–water partition coefficient (Wildman–Crippen LogP) is 4.95. The summed E-state index contributed by atoms with van der Waals surface area (Å²) in [5.74, 6) is 2.71. The van der Waals surface area contributed by atoms with Crippen LogP contribution in [0.2, 0.25) is 0 Å². The van der Waals surface area contributed by atoms with Crippen molar-refractivity contribution in [2.75, 3.05) is 18.9 Å². The number of nitrogens with one attached hydrogen (secondary N) is 2. The number of benzene rings is 3. The molecule has 8 nitrogen and oxygen atoms in total. The topological polar surface area (TPSA) is 85.1 Å². The van der Waals surface area contributed by atoms with Crippen molar-refractivity contribution in [3.8, 4) is 23.0 Å². The van der Waals surface area contributed by atoms with E-state index in [0.717, 1.165) is 34.4 Å². The van der Waals surface area contributed by atoms with Gasteiger partial charge in [-0.1, -0.05) is 31.2 Å². The van der Waals surface area contributed by atoms with E-state index in [4.69, 9.17) is 31.2 Å². The average molecular weight is 516 g/mol. The number of hydrogen-bond acceptors (Lipinski definition) is 6. The molecular formula is C28H25N3O5S. The Balaban J connectivity index is 1.33. The summed E-state index contributed by atoms with van der Waals surface area (Å²) in [6, 6.07) is 19.4. The van der Waals surface area contributed by atoms with E-state index in [1.807, 2.05) is 53.4 Å². The minimum atomic E-state index is -0.182. The Labute approximate surface area is 218 Å². The van der Waals surface area contributed by atoms with Crippen molar-refractivity contribution in [3.05, 3.63) is 87.7 Å². The van der Waals surface area contributed by atoms with Gasteiger partial charge in [0.05, 0.1) is 12.1 Å². The van der Waals surface area contributed by atoms with E-state index in [-0.39, 0.29) is 19.1 Å². The monoisotopic (exact) mass is 515 g/mol. The molecule has 9 heteroatoms. The summed E-state index contributed by atoms with van der Waals surface area (Å²) in [5.41, 5.74) is 4.19. The minimum absolute atomic E-state index is 0.172. The zero-order valence-electron chi connectivity index (χ0n) is 20.2. The first-order valence-electron chi connectivity index (χ1n) is 12.1. The summed E-state index contributed by atoms with van der Waals surface area (Å²) in [6.45, 7) is 3.25. The molecule has 6 rings (SSSR count). The third-order valence-corrected chi connectivity index (χ3v) is 6.87. The molecule has 0 spiro atoms. The van der Waals surface area contributed by atoms with Crippen LogP contribution < -0.4 is 29.8 Å². The number of thiocarbonyl (C=S) groups is 1. The molecule has 0 atom stereocenters. The van der Waals surface area contributed by atoms with Crippen LogP contribution in [0.25, 0.3) is 10.9 Å². The molecule has 1 aromatic heterocycles. The molecule has 0 amide bonds. The number of aromatic amines is 1. The van der Waals surface area contributed by atoms with Crippen LogP contribution >= 0.6 is 12.2 Å². The number of ether oxygens (including phenoxy) is 4. The van der Waals surface area contributed by atoms with Crippen LogP contribution in [0.4, 0.5) is 5.69 Å². The van der Waals surface area contributed by atoms with Gasteiger partial charge >= 0.3 is 0 Å². The number of fused-ring (bicyclic) bond motifs is 3. The minimum Gasteiger partial charge on any atom is -0.454 e. The highest BCUT2D eigenvalue weighted by Crippen LogP contribution is 2.36. The highest BCUT2D eigenvalue weighted by Gasteiger charge is 2.20. The molecule has 0 radical (unpaired) electrons. The number of hydrogen-bond donors (Lipinski definition) is 2. The molecule has 0 saturated carbocycles. The van der Waals surface area contributed by atoms with Crippen molar-refractivity contribution < 1.29 is 18.9 Å². The Bertz CT molecular complexity index is 1570. The van der Waals surface area contributed by atoms with Gasteiger partial charge in [0.1, 0.15) is 0 Å². The summed E-state index contributed by atoms with van der Waals surface area (Å²) in [4.78, 5) is 18.1. The fourth-order valence-corrected chi connectivity index (χ4v) is 4.81. The van der Waals surface area contributed by atoms with E-state index >= 15 is 0 Å². The van der Waals surface area contributed by atoms with E-state index < -0.39 is 0 Å². The second kappa shape index (κ2) is 9.67. The molecule has 0 saturated heterocycles. The first-order chi connectivity index (χ1) is 18.1. The van der Waals surface area contributed by atoms with Gasteiger partial charge in [0.25, 0.3) is 5.56 Å². The maximum Gasteiger partial charge on any atom is 0.253 e.